The van der Waals surface area contributed by atoms with E-state index in [0.717, 1.165) is 29.4 Å². The average Bonchev–Trinajstić information content (AvgIpc) is 3.11. The Balaban J connectivity index is -0.000000253. The SMILES string of the molecule is C#C.C=C(CCCC)c1cc(C)ccc1C.CC.CC1=CCCC=C1.CCC(C)CC.CCCC(C)CCC.Cc1ccccc1C#N. The molecule has 1 aliphatic rings. The molecule has 0 bridgehead atoms. The second kappa shape index (κ2) is 38.2. The summed E-state index contributed by atoms with van der Waals surface area (Å²) >= 11 is 0. The van der Waals surface area contributed by atoms with Gasteiger partial charge in [0.05, 0.1) is 11.6 Å². The molecule has 48 heavy (non-hydrogen) atoms. The van der Waals surface area contributed by atoms with Crippen LogP contribution in [0.2, 0.25) is 0 Å². The highest BCUT2D eigenvalue weighted by atomic mass is 14.2. The van der Waals surface area contributed by atoms with E-state index in [1.165, 1.54) is 92.0 Å². The summed E-state index contributed by atoms with van der Waals surface area (Å²) in [5.74, 6) is 1.90. The zero-order valence-electron chi connectivity index (χ0n) is 34.0. The molecule has 2 aromatic carbocycles. The Labute approximate surface area is 302 Å². The fourth-order valence-corrected chi connectivity index (χ4v) is 4.50. The Morgan fingerprint density at radius 3 is 1.71 bits per heavy atom. The standard InChI is InChI=1S/C14H20.C8H7N.C8H18.C7H10.C6H14.C2H6.C2H2/c1-5-6-7-12(3)14-10-11(2)8-9-13(14)4;1-7-4-2-3-5-8(7)6-9;1-4-6-8(3)7-5-2;1-7-5-3-2-4-6-7;1-4-6(3)5-2;2*1-2/h8-10H,3,5-7H2,1-2,4H3;2-5H,1H3;8H,4-7H2,1-3H3;3,5-6H,2,4H2,1H3;6H,4-5H2,1-3H3;1-2H3;1-2H. The molecule has 0 amide bonds. The van der Waals surface area contributed by atoms with Gasteiger partial charge in [-0.25, -0.2) is 0 Å². The summed E-state index contributed by atoms with van der Waals surface area (Å²) in [5, 5.41) is 8.47. The first-order valence-electron chi connectivity index (χ1n) is 18.9. The molecule has 1 nitrogen and oxygen atoms in total. The zero-order valence-corrected chi connectivity index (χ0v) is 34.0. The van der Waals surface area contributed by atoms with Crippen LogP contribution in [0.5, 0.6) is 0 Å². The van der Waals surface area contributed by atoms with Crippen LogP contribution in [0.1, 0.15) is 168 Å². The van der Waals surface area contributed by atoms with E-state index in [1.807, 2.05) is 45.0 Å². The third-order valence-corrected chi connectivity index (χ3v) is 8.01. The molecule has 1 aliphatic carbocycles. The quantitative estimate of drug-likeness (QED) is 0.234. The van der Waals surface area contributed by atoms with E-state index in [2.05, 4.69) is 131 Å². The fraction of sp³-hybridized carbons (Fsp3) is 0.553. The van der Waals surface area contributed by atoms with Crippen molar-refractivity contribution in [2.75, 3.05) is 0 Å². The minimum absolute atomic E-state index is 0.762. The largest absolute Gasteiger partial charge is 0.192 e. The lowest BCUT2D eigenvalue weighted by Crippen LogP contribution is -1.91. The van der Waals surface area contributed by atoms with Crippen molar-refractivity contribution in [1.82, 2.24) is 0 Å². The number of aryl methyl sites for hydroxylation is 3. The van der Waals surface area contributed by atoms with E-state index >= 15 is 0 Å². The topological polar surface area (TPSA) is 23.8 Å². The van der Waals surface area contributed by atoms with Gasteiger partial charge in [-0.05, 0) is 93.5 Å². The van der Waals surface area contributed by atoms with Gasteiger partial charge in [0.1, 0.15) is 0 Å². The van der Waals surface area contributed by atoms with Gasteiger partial charge in [0, 0.05) is 0 Å². The Morgan fingerprint density at radius 2 is 1.35 bits per heavy atom. The highest BCUT2D eigenvalue weighted by molar-refractivity contribution is 5.66. The molecule has 0 aromatic heterocycles. The monoisotopic (exact) mass is 656 g/mol. The molecule has 0 radical (unpaired) electrons. The van der Waals surface area contributed by atoms with E-state index in [4.69, 9.17) is 5.26 Å². The van der Waals surface area contributed by atoms with Crippen LogP contribution in [0.4, 0.5) is 0 Å². The Hall–Kier alpha value is -3.29. The normalized spacial score (nSPS) is 10.5. The molecule has 0 atom stereocenters. The smallest absolute Gasteiger partial charge is 0.0994 e. The van der Waals surface area contributed by atoms with Crippen molar-refractivity contribution in [3.8, 4) is 18.9 Å². The summed E-state index contributed by atoms with van der Waals surface area (Å²) < 4.78 is 0. The van der Waals surface area contributed by atoms with Crippen molar-refractivity contribution in [3.05, 3.63) is 101 Å². The fourth-order valence-electron chi connectivity index (χ4n) is 4.50. The van der Waals surface area contributed by atoms with E-state index in [0.29, 0.717) is 0 Å². The average molecular weight is 656 g/mol. The molecular formula is C47H77N. The Morgan fingerprint density at radius 1 is 0.792 bits per heavy atom. The molecule has 3 rings (SSSR count). The molecule has 0 unspecified atom stereocenters. The van der Waals surface area contributed by atoms with Crippen LogP contribution in [-0.4, -0.2) is 0 Å². The van der Waals surface area contributed by atoms with E-state index < -0.39 is 0 Å². The molecule has 0 N–H and O–H groups in total. The third-order valence-electron chi connectivity index (χ3n) is 8.01. The first-order chi connectivity index (χ1) is 23.0. The first kappa shape index (κ1) is 51.5. The lowest BCUT2D eigenvalue weighted by Gasteiger charge is -2.09. The first-order valence-corrected chi connectivity index (χ1v) is 18.9. The van der Waals surface area contributed by atoms with Gasteiger partial charge in [0.25, 0.3) is 0 Å². The number of rotatable bonds is 10. The summed E-state index contributed by atoms with van der Waals surface area (Å²) in [6.45, 7) is 32.3. The van der Waals surface area contributed by atoms with Crippen molar-refractivity contribution < 1.29 is 0 Å². The summed E-state index contributed by atoms with van der Waals surface area (Å²) in [7, 11) is 0. The molecular weight excluding hydrogens is 579 g/mol. The number of benzene rings is 2. The van der Waals surface area contributed by atoms with E-state index in [9.17, 15) is 0 Å². The maximum Gasteiger partial charge on any atom is 0.0994 e. The molecule has 0 fully saturated rings. The molecule has 270 valence electrons. The van der Waals surface area contributed by atoms with Crippen molar-refractivity contribution in [1.29, 1.82) is 5.26 Å². The predicted octanol–water partition coefficient (Wildman–Crippen LogP) is 15.6. The highest BCUT2D eigenvalue weighted by Crippen LogP contribution is 2.23. The number of nitriles is 1. The molecule has 0 heterocycles. The van der Waals surface area contributed by atoms with Gasteiger partial charge in [-0.2, -0.15) is 5.26 Å². The van der Waals surface area contributed by atoms with Crippen LogP contribution < -0.4 is 0 Å². The minimum Gasteiger partial charge on any atom is -0.192 e. The predicted molar refractivity (Wildman–Crippen MR) is 222 cm³/mol. The molecule has 0 saturated heterocycles. The number of allylic oxidation sites excluding steroid dienone is 5. The van der Waals surface area contributed by atoms with Gasteiger partial charge in [0.15, 0.2) is 0 Å². The summed E-state index contributed by atoms with van der Waals surface area (Å²) in [4.78, 5) is 0. The maximum absolute atomic E-state index is 8.47. The van der Waals surface area contributed by atoms with E-state index in [-0.39, 0.29) is 0 Å². The minimum atomic E-state index is 0.762. The highest BCUT2D eigenvalue weighted by Gasteiger charge is 2.02. The summed E-state index contributed by atoms with van der Waals surface area (Å²) in [5.41, 5.74) is 8.51. The lowest BCUT2D eigenvalue weighted by molar-refractivity contribution is 0.480. The van der Waals surface area contributed by atoms with Gasteiger partial charge in [0.2, 0.25) is 0 Å². The van der Waals surface area contributed by atoms with Gasteiger partial charge in [-0.15, -0.1) is 12.8 Å². The Bertz CT molecular complexity index is 1130. The second-order valence-electron chi connectivity index (χ2n) is 12.5. The van der Waals surface area contributed by atoms with Gasteiger partial charge >= 0.3 is 0 Å². The van der Waals surface area contributed by atoms with Crippen LogP contribution in [0.15, 0.2) is 72.8 Å². The third kappa shape index (κ3) is 31.3. The van der Waals surface area contributed by atoms with Crippen LogP contribution in [0.25, 0.3) is 5.57 Å². The number of nitrogens with zero attached hydrogens (tertiary/aromatic N) is 1. The number of hydrogen-bond donors (Lipinski definition) is 0. The van der Waals surface area contributed by atoms with Gasteiger partial charge < -0.3 is 0 Å². The van der Waals surface area contributed by atoms with E-state index in [1.54, 1.807) is 0 Å². The zero-order chi connectivity index (χ0) is 37.8. The van der Waals surface area contributed by atoms with Crippen LogP contribution in [0, 0.1) is 56.8 Å². The summed E-state index contributed by atoms with van der Waals surface area (Å²) in [6.07, 6.45) is 28.9. The number of hydrogen-bond acceptors (Lipinski definition) is 1. The van der Waals surface area contributed by atoms with Crippen molar-refractivity contribution in [2.45, 2.75) is 161 Å². The number of terminal acetylenes is 1. The van der Waals surface area contributed by atoms with Crippen LogP contribution in [-0.2, 0) is 0 Å². The molecule has 0 spiro atoms. The summed E-state index contributed by atoms with van der Waals surface area (Å²) in [6, 6.07) is 16.2. The van der Waals surface area contributed by atoms with Crippen LogP contribution in [0.3, 0.4) is 0 Å². The number of unbranched alkanes of at least 4 members (excludes halogenated alkanes) is 1. The van der Waals surface area contributed by atoms with Crippen molar-refractivity contribution >= 4 is 5.57 Å². The molecule has 1 heteroatoms. The molecule has 2 aromatic rings. The Kier molecular flexibility index (Phi) is 41.0. The molecule has 0 saturated carbocycles. The van der Waals surface area contributed by atoms with Crippen molar-refractivity contribution in [2.24, 2.45) is 11.8 Å². The molecule has 0 aliphatic heterocycles. The van der Waals surface area contributed by atoms with Crippen molar-refractivity contribution in [3.63, 3.8) is 0 Å². The second-order valence-corrected chi connectivity index (χ2v) is 12.5. The lowest BCUT2D eigenvalue weighted by atomic mass is 9.96. The van der Waals surface area contributed by atoms with Gasteiger partial charge in [-0.1, -0.05) is 180 Å². The maximum atomic E-state index is 8.47. The van der Waals surface area contributed by atoms with Gasteiger partial charge in [-0.3, -0.25) is 0 Å². The van der Waals surface area contributed by atoms with Crippen LogP contribution >= 0.6 is 0 Å².